The first-order valence-corrected chi connectivity index (χ1v) is 13.3. The van der Waals surface area contributed by atoms with Crippen LogP contribution in [0.4, 0.5) is 23.2 Å². The summed E-state index contributed by atoms with van der Waals surface area (Å²) < 4.78 is 58.6. The number of halogens is 4. The van der Waals surface area contributed by atoms with Gasteiger partial charge in [0.15, 0.2) is 0 Å². The zero-order valence-corrected chi connectivity index (χ0v) is 21.4. The number of aromatic nitrogens is 4. The molecule has 1 aromatic carbocycles. The average molecular weight is 529 g/mol. The molecule has 38 heavy (non-hydrogen) atoms. The van der Waals surface area contributed by atoms with Gasteiger partial charge in [-0.25, -0.2) is 4.39 Å². The van der Waals surface area contributed by atoms with Gasteiger partial charge in [0.1, 0.15) is 18.0 Å². The van der Waals surface area contributed by atoms with Gasteiger partial charge >= 0.3 is 6.18 Å². The first-order chi connectivity index (χ1) is 18.2. The second kappa shape index (κ2) is 9.63. The molecule has 1 N–H and O–H groups in total. The normalized spacial score (nSPS) is 20.0. The molecule has 0 amide bonds. The maximum absolute atomic E-state index is 14.7. The molecule has 2 aromatic heterocycles. The van der Waals surface area contributed by atoms with Gasteiger partial charge < -0.3 is 9.88 Å². The molecular weight excluding hydrogens is 496 g/mol. The third-order valence-electron chi connectivity index (χ3n) is 8.60. The Morgan fingerprint density at radius 1 is 1.13 bits per heavy atom. The second-order valence-electron chi connectivity index (χ2n) is 11.4. The van der Waals surface area contributed by atoms with Crippen molar-refractivity contribution in [2.75, 3.05) is 18.4 Å². The standard InChI is InChI=1S/C28H32F4N6/c1-37-17-35-36-26(37)25(19-3-2-4-19)20-10-21(29)12-22(11-20)33-14-24-23(28(30,31)32)9-18(13-34-24)15-38-8-7-27(16-38)5-6-27/h9-13,17,19,25,33H,2-8,14-16H2,1H3. The van der Waals surface area contributed by atoms with E-state index in [4.69, 9.17) is 0 Å². The van der Waals surface area contributed by atoms with Crippen LogP contribution in [-0.2, 0) is 26.3 Å². The minimum atomic E-state index is -4.53. The molecular formula is C28H32F4N6. The Kier molecular flexibility index (Phi) is 6.40. The van der Waals surface area contributed by atoms with Crippen molar-refractivity contribution >= 4 is 5.69 Å². The van der Waals surface area contributed by atoms with E-state index in [9.17, 15) is 17.6 Å². The first-order valence-electron chi connectivity index (χ1n) is 13.3. The Hall–Kier alpha value is -3.01. The summed E-state index contributed by atoms with van der Waals surface area (Å²) in [6.45, 7) is 2.19. The Labute approximate surface area is 219 Å². The molecule has 6 nitrogen and oxygen atoms in total. The zero-order chi connectivity index (χ0) is 26.5. The SMILES string of the molecule is Cn1cnnc1C(c1cc(F)cc(NCc2ncc(CN3CCC4(CC4)C3)cc2C(F)(F)F)c1)C1CCC1. The molecule has 3 fully saturated rings. The molecule has 3 aliphatic rings. The van der Waals surface area contributed by atoms with Crippen molar-refractivity contribution in [3.8, 4) is 0 Å². The molecule has 1 aliphatic heterocycles. The Morgan fingerprint density at radius 2 is 1.95 bits per heavy atom. The first kappa shape index (κ1) is 25.3. The van der Waals surface area contributed by atoms with Gasteiger partial charge in [0.05, 0.1) is 17.8 Å². The molecule has 1 saturated heterocycles. The fourth-order valence-corrected chi connectivity index (χ4v) is 6.07. The average Bonchev–Trinajstić information content (AvgIpc) is 3.27. The highest BCUT2D eigenvalue weighted by atomic mass is 19.4. The van der Waals surface area contributed by atoms with Crippen molar-refractivity contribution in [2.45, 2.75) is 63.7 Å². The summed E-state index contributed by atoms with van der Waals surface area (Å²) in [7, 11) is 1.86. The second-order valence-corrected chi connectivity index (χ2v) is 11.4. The summed E-state index contributed by atoms with van der Waals surface area (Å²) in [5.74, 6) is 0.503. The van der Waals surface area contributed by atoms with E-state index in [1.165, 1.54) is 31.0 Å². The maximum Gasteiger partial charge on any atom is 0.418 e. The summed E-state index contributed by atoms with van der Waals surface area (Å²) >= 11 is 0. The number of anilines is 1. The summed E-state index contributed by atoms with van der Waals surface area (Å²) in [6.07, 6.45) is 5.35. The number of hydrogen-bond donors (Lipinski definition) is 1. The van der Waals surface area contributed by atoms with E-state index < -0.39 is 17.6 Å². The van der Waals surface area contributed by atoms with Crippen molar-refractivity contribution in [3.63, 3.8) is 0 Å². The van der Waals surface area contributed by atoms with E-state index in [0.717, 1.165) is 50.2 Å². The smallest absolute Gasteiger partial charge is 0.379 e. The number of alkyl halides is 3. The molecule has 1 spiro atoms. The summed E-state index contributed by atoms with van der Waals surface area (Å²) in [4.78, 5) is 6.44. The van der Waals surface area contributed by atoms with Crippen molar-refractivity contribution in [3.05, 3.63) is 70.8 Å². The summed E-state index contributed by atoms with van der Waals surface area (Å²) in [5.41, 5.74) is 1.29. The molecule has 3 heterocycles. The van der Waals surface area contributed by atoms with Crippen LogP contribution in [0.1, 0.15) is 72.7 Å². The third kappa shape index (κ3) is 5.15. The molecule has 202 valence electrons. The Balaban J connectivity index is 1.21. The topological polar surface area (TPSA) is 58.9 Å². The van der Waals surface area contributed by atoms with Gasteiger partial charge in [-0.2, -0.15) is 13.2 Å². The van der Waals surface area contributed by atoms with E-state index in [1.54, 1.807) is 12.5 Å². The van der Waals surface area contributed by atoms with Crippen LogP contribution in [0.5, 0.6) is 0 Å². The molecule has 2 aliphatic carbocycles. The number of nitrogens with one attached hydrogen (secondary N) is 1. The molecule has 1 atom stereocenters. The molecule has 0 bridgehead atoms. The monoisotopic (exact) mass is 528 g/mol. The highest BCUT2D eigenvalue weighted by Gasteiger charge is 2.47. The van der Waals surface area contributed by atoms with Gasteiger partial charge in [-0.05, 0) is 85.4 Å². The van der Waals surface area contributed by atoms with Crippen LogP contribution in [-0.4, -0.2) is 37.7 Å². The quantitative estimate of drug-likeness (QED) is 0.369. The molecule has 6 rings (SSSR count). The van der Waals surface area contributed by atoms with Gasteiger partial charge in [0, 0.05) is 37.9 Å². The van der Waals surface area contributed by atoms with E-state index >= 15 is 0 Å². The number of rotatable bonds is 8. The van der Waals surface area contributed by atoms with Crippen LogP contribution in [0, 0.1) is 17.2 Å². The number of benzene rings is 1. The summed E-state index contributed by atoms with van der Waals surface area (Å²) in [6, 6.07) is 5.82. The van der Waals surface area contributed by atoms with Crippen LogP contribution in [0.3, 0.4) is 0 Å². The minimum absolute atomic E-state index is 0.101. The van der Waals surface area contributed by atoms with Gasteiger partial charge in [0.25, 0.3) is 0 Å². The lowest BCUT2D eigenvalue weighted by Gasteiger charge is -2.33. The minimum Gasteiger partial charge on any atom is -0.379 e. The van der Waals surface area contributed by atoms with Crippen LogP contribution in [0.25, 0.3) is 0 Å². The molecule has 3 aromatic rings. The Bertz CT molecular complexity index is 1310. The van der Waals surface area contributed by atoms with Gasteiger partial charge in [0.2, 0.25) is 0 Å². The Morgan fingerprint density at radius 3 is 2.58 bits per heavy atom. The van der Waals surface area contributed by atoms with Gasteiger partial charge in [-0.3, -0.25) is 9.88 Å². The number of likely N-dealkylation sites (tertiary alicyclic amines) is 1. The molecule has 2 saturated carbocycles. The van der Waals surface area contributed by atoms with Crippen LogP contribution < -0.4 is 5.32 Å². The number of pyridine rings is 1. The van der Waals surface area contributed by atoms with Gasteiger partial charge in [-0.1, -0.05) is 6.42 Å². The van der Waals surface area contributed by atoms with Crippen LogP contribution in [0.15, 0.2) is 36.8 Å². The fourth-order valence-electron chi connectivity index (χ4n) is 6.07. The molecule has 1 unspecified atom stereocenters. The van der Waals surface area contributed by atoms with Crippen LogP contribution in [0.2, 0.25) is 0 Å². The van der Waals surface area contributed by atoms with Crippen LogP contribution >= 0.6 is 0 Å². The highest BCUT2D eigenvalue weighted by molar-refractivity contribution is 5.49. The third-order valence-corrected chi connectivity index (χ3v) is 8.60. The lowest BCUT2D eigenvalue weighted by atomic mass is 9.72. The predicted molar refractivity (Wildman–Crippen MR) is 135 cm³/mol. The summed E-state index contributed by atoms with van der Waals surface area (Å²) in [5, 5.41) is 11.3. The van der Waals surface area contributed by atoms with E-state index in [-0.39, 0.29) is 18.2 Å². The lowest BCUT2D eigenvalue weighted by Crippen LogP contribution is -2.24. The highest BCUT2D eigenvalue weighted by Crippen LogP contribution is 2.52. The van der Waals surface area contributed by atoms with Gasteiger partial charge in [-0.15, -0.1) is 10.2 Å². The van der Waals surface area contributed by atoms with Crippen molar-refractivity contribution in [1.82, 2.24) is 24.6 Å². The molecule has 0 radical (unpaired) electrons. The number of hydrogen-bond acceptors (Lipinski definition) is 5. The maximum atomic E-state index is 14.7. The predicted octanol–water partition coefficient (Wildman–Crippen LogP) is 5.90. The van der Waals surface area contributed by atoms with E-state index in [2.05, 4.69) is 25.4 Å². The number of aryl methyl sites for hydroxylation is 1. The van der Waals surface area contributed by atoms with Crippen molar-refractivity contribution in [2.24, 2.45) is 18.4 Å². The number of nitrogens with zero attached hydrogens (tertiary/aromatic N) is 5. The fraction of sp³-hybridized carbons (Fsp3) is 0.536. The largest absolute Gasteiger partial charge is 0.418 e. The van der Waals surface area contributed by atoms with Crippen molar-refractivity contribution in [1.29, 1.82) is 0 Å². The van der Waals surface area contributed by atoms with E-state index in [0.29, 0.717) is 29.1 Å². The van der Waals surface area contributed by atoms with Crippen molar-refractivity contribution < 1.29 is 17.6 Å². The molecule has 10 heteroatoms. The lowest BCUT2D eigenvalue weighted by molar-refractivity contribution is -0.138. The van der Waals surface area contributed by atoms with E-state index in [1.807, 2.05) is 17.7 Å². The zero-order valence-electron chi connectivity index (χ0n) is 21.4.